The van der Waals surface area contributed by atoms with Crippen molar-refractivity contribution in [3.8, 4) is 0 Å². The molecule has 4 heteroatoms. The van der Waals surface area contributed by atoms with E-state index in [2.05, 4.69) is 18.9 Å². The molecule has 4 bridgehead atoms. The Morgan fingerprint density at radius 1 is 1.17 bits per heavy atom. The van der Waals surface area contributed by atoms with Crippen LogP contribution in [0.4, 0.5) is 0 Å². The van der Waals surface area contributed by atoms with Gasteiger partial charge in [-0.2, -0.15) is 0 Å². The first-order chi connectivity index (χ1) is 11.0. The zero-order valence-electron chi connectivity index (χ0n) is 14.8. The average molecular weight is 320 g/mol. The topological polar surface area (TPSA) is 32.8 Å². The highest BCUT2D eigenvalue weighted by atomic mass is 16.5. The summed E-state index contributed by atoms with van der Waals surface area (Å²) in [5.41, 5.74) is 0.530. The lowest BCUT2D eigenvalue weighted by Crippen LogP contribution is -2.53. The van der Waals surface area contributed by atoms with Crippen molar-refractivity contribution in [2.45, 2.75) is 51.6 Å². The second kappa shape index (κ2) is 6.03. The number of carbonyl (C=O) groups excluding carboxylic acids is 1. The van der Waals surface area contributed by atoms with Crippen molar-refractivity contribution < 1.29 is 9.53 Å². The van der Waals surface area contributed by atoms with Crippen LogP contribution in [0.25, 0.3) is 0 Å². The number of hydrogen-bond donors (Lipinski definition) is 0. The zero-order chi connectivity index (χ0) is 16.0. The van der Waals surface area contributed by atoms with Gasteiger partial charge in [-0.05, 0) is 75.7 Å². The molecule has 1 heterocycles. The smallest absolute Gasteiger partial charge is 0.236 e. The predicted octanol–water partition coefficient (Wildman–Crippen LogP) is 2.38. The maximum atomic E-state index is 12.6. The number of nitrogens with zero attached hydrogens (tertiary/aromatic N) is 2. The van der Waals surface area contributed by atoms with Gasteiger partial charge in [-0.3, -0.25) is 9.69 Å². The van der Waals surface area contributed by atoms with E-state index in [0.29, 0.717) is 18.6 Å². The molecule has 0 spiro atoms. The van der Waals surface area contributed by atoms with Gasteiger partial charge in [0.15, 0.2) is 0 Å². The van der Waals surface area contributed by atoms with Crippen LogP contribution in [0.5, 0.6) is 0 Å². The molecule has 4 aliphatic carbocycles. The van der Waals surface area contributed by atoms with Crippen molar-refractivity contribution in [2.24, 2.45) is 23.2 Å². The van der Waals surface area contributed by atoms with Gasteiger partial charge < -0.3 is 9.64 Å². The van der Waals surface area contributed by atoms with E-state index in [1.54, 1.807) is 0 Å². The Kier molecular flexibility index (Phi) is 4.17. The number of likely N-dealkylation sites (N-methyl/N-ethyl adjacent to an activating group) is 1. The Morgan fingerprint density at radius 2 is 1.78 bits per heavy atom. The number of rotatable bonds is 4. The predicted molar refractivity (Wildman–Crippen MR) is 90.1 cm³/mol. The van der Waals surface area contributed by atoms with Crippen LogP contribution in [0.3, 0.4) is 0 Å². The maximum absolute atomic E-state index is 12.6. The van der Waals surface area contributed by atoms with Gasteiger partial charge in [0.2, 0.25) is 5.91 Å². The highest BCUT2D eigenvalue weighted by Gasteiger charge is 2.51. The minimum Gasteiger partial charge on any atom is -0.375 e. The molecule has 1 saturated heterocycles. The van der Waals surface area contributed by atoms with Crippen LogP contribution < -0.4 is 0 Å². The molecule has 1 atom stereocenters. The van der Waals surface area contributed by atoms with Crippen LogP contribution in [-0.4, -0.2) is 61.6 Å². The first-order valence-electron chi connectivity index (χ1n) is 9.59. The molecule has 1 aliphatic heterocycles. The normalized spacial score (nSPS) is 42.5. The van der Waals surface area contributed by atoms with E-state index in [4.69, 9.17) is 4.74 Å². The van der Waals surface area contributed by atoms with E-state index < -0.39 is 0 Å². The van der Waals surface area contributed by atoms with Crippen LogP contribution in [0.2, 0.25) is 0 Å². The molecule has 4 nitrogen and oxygen atoms in total. The highest BCUT2D eigenvalue weighted by Crippen LogP contribution is 2.60. The van der Waals surface area contributed by atoms with Crippen LogP contribution in [-0.2, 0) is 9.53 Å². The summed E-state index contributed by atoms with van der Waals surface area (Å²) in [6.45, 7) is 5.96. The van der Waals surface area contributed by atoms with Gasteiger partial charge in [0.05, 0.1) is 19.3 Å². The minimum absolute atomic E-state index is 0.182. The summed E-state index contributed by atoms with van der Waals surface area (Å²) in [6, 6.07) is 0. The van der Waals surface area contributed by atoms with E-state index in [1.807, 2.05) is 4.90 Å². The van der Waals surface area contributed by atoms with Crippen molar-refractivity contribution in [2.75, 3.05) is 39.8 Å². The van der Waals surface area contributed by atoms with Gasteiger partial charge in [-0.25, -0.2) is 0 Å². The average Bonchev–Trinajstić information content (AvgIpc) is 2.44. The number of morpholine rings is 1. The Balaban J connectivity index is 1.33. The lowest BCUT2D eigenvalue weighted by Gasteiger charge is -2.57. The van der Waals surface area contributed by atoms with Crippen molar-refractivity contribution in [1.29, 1.82) is 0 Å². The fraction of sp³-hybridized carbons (Fsp3) is 0.947. The second-order valence-electron chi connectivity index (χ2n) is 9.11. The van der Waals surface area contributed by atoms with Crippen LogP contribution in [0.15, 0.2) is 0 Å². The third-order valence-corrected chi connectivity index (χ3v) is 6.77. The summed E-state index contributed by atoms with van der Waals surface area (Å²) >= 11 is 0. The molecule has 5 rings (SSSR count). The first kappa shape index (κ1) is 15.9. The molecule has 0 unspecified atom stereocenters. The molecule has 5 fully saturated rings. The standard InChI is InChI=1S/C19H32N2O2/c1-14-11-21(3-4-23-14)18(22)12-20(2)13-19-8-15-5-16(9-19)7-17(6-15)10-19/h14-17H,3-13H2,1-2H3/t14-,15?,16?,17?,19?/m0/s1. The molecular formula is C19H32N2O2. The third-order valence-electron chi connectivity index (χ3n) is 6.77. The number of hydrogen-bond acceptors (Lipinski definition) is 3. The van der Waals surface area contributed by atoms with Crippen LogP contribution in [0.1, 0.15) is 45.4 Å². The summed E-state index contributed by atoms with van der Waals surface area (Å²) in [7, 11) is 2.15. The van der Waals surface area contributed by atoms with Gasteiger partial charge in [-0.1, -0.05) is 0 Å². The van der Waals surface area contributed by atoms with Gasteiger partial charge in [-0.15, -0.1) is 0 Å². The monoisotopic (exact) mass is 320 g/mol. The highest BCUT2D eigenvalue weighted by molar-refractivity contribution is 5.78. The van der Waals surface area contributed by atoms with E-state index in [-0.39, 0.29) is 12.0 Å². The first-order valence-corrected chi connectivity index (χ1v) is 9.59. The van der Waals surface area contributed by atoms with Gasteiger partial charge >= 0.3 is 0 Å². The Morgan fingerprint density at radius 3 is 2.35 bits per heavy atom. The maximum Gasteiger partial charge on any atom is 0.236 e. The van der Waals surface area contributed by atoms with Crippen LogP contribution >= 0.6 is 0 Å². The molecule has 0 aromatic heterocycles. The molecule has 0 aromatic carbocycles. The van der Waals surface area contributed by atoms with Crippen molar-refractivity contribution in [1.82, 2.24) is 9.80 Å². The second-order valence-corrected chi connectivity index (χ2v) is 9.11. The van der Waals surface area contributed by atoms with Crippen molar-refractivity contribution in [3.05, 3.63) is 0 Å². The summed E-state index contributed by atoms with van der Waals surface area (Å²) in [5.74, 6) is 3.26. The molecule has 0 aromatic rings. The summed E-state index contributed by atoms with van der Waals surface area (Å²) in [5, 5.41) is 0. The SMILES string of the molecule is C[C@H]1CN(C(=O)CN(C)CC23CC4CC(CC(C4)C2)C3)CCO1. The fourth-order valence-corrected chi connectivity index (χ4v) is 6.49. The summed E-state index contributed by atoms with van der Waals surface area (Å²) < 4.78 is 5.55. The van der Waals surface area contributed by atoms with Gasteiger partial charge in [0, 0.05) is 19.6 Å². The van der Waals surface area contributed by atoms with E-state index in [9.17, 15) is 4.79 Å². The largest absolute Gasteiger partial charge is 0.375 e. The van der Waals surface area contributed by atoms with E-state index in [0.717, 1.165) is 37.4 Å². The third kappa shape index (κ3) is 3.30. The Labute approximate surface area is 140 Å². The number of carbonyl (C=O) groups is 1. The molecule has 1 amide bonds. The molecule has 130 valence electrons. The fourth-order valence-electron chi connectivity index (χ4n) is 6.49. The Hall–Kier alpha value is -0.610. The van der Waals surface area contributed by atoms with Crippen molar-refractivity contribution in [3.63, 3.8) is 0 Å². The molecular weight excluding hydrogens is 288 g/mol. The van der Waals surface area contributed by atoms with Gasteiger partial charge in [0.25, 0.3) is 0 Å². The van der Waals surface area contributed by atoms with Crippen molar-refractivity contribution >= 4 is 5.91 Å². The summed E-state index contributed by atoms with van der Waals surface area (Å²) in [6.07, 6.45) is 8.93. The van der Waals surface area contributed by atoms with Gasteiger partial charge in [0.1, 0.15) is 0 Å². The lowest BCUT2D eigenvalue weighted by molar-refractivity contribution is -0.140. The molecule has 23 heavy (non-hydrogen) atoms. The molecule has 0 radical (unpaired) electrons. The van der Waals surface area contributed by atoms with E-state index >= 15 is 0 Å². The number of amides is 1. The Bertz CT molecular complexity index is 429. The van der Waals surface area contributed by atoms with Crippen LogP contribution in [0, 0.1) is 23.2 Å². The minimum atomic E-state index is 0.182. The number of ether oxygens (including phenoxy) is 1. The van der Waals surface area contributed by atoms with E-state index in [1.165, 1.54) is 38.5 Å². The molecule has 5 aliphatic rings. The quantitative estimate of drug-likeness (QED) is 0.797. The lowest BCUT2D eigenvalue weighted by atomic mass is 9.49. The molecule has 0 N–H and O–H groups in total. The summed E-state index contributed by atoms with van der Waals surface area (Å²) in [4.78, 5) is 16.9. The molecule has 4 saturated carbocycles. The zero-order valence-corrected chi connectivity index (χ0v) is 14.8.